The molecule has 1 aliphatic rings. The third-order valence-corrected chi connectivity index (χ3v) is 3.81. The highest BCUT2D eigenvalue weighted by molar-refractivity contribution is 5.28. The van der Waals surface area contributed by atoms with Crippen LogP contribution in [0.5, 0.6) is 5.75 Å². The molecule has 0 aromatic heterocycles. The second-order valence-electron chi connectivity index (χ2n) is 6.11. The van der Waals surface area contributed by atoms with Crippen LogP contribution >= 0.6 is 0 Å². The van der Waals surface area contributed by atoms with Gasteiger partial charge in [0.1, 0.15) is 5.75 Å². The van der Waals surface area contributed by atoms with E-state index in [2.05, 4.69) is 42.1 Å². The second kappa shape index (κ2) is 7.65. The number of benzene rings is 1. The summed E-state index contributed by atoms with van der Waals surface area (Å²) in [6, 6.07) is 8.44. The van der Waals surface area contributed by atoms with Gasteiger partial charge in [-0.2, -0.15) is 0 Å². The van der Waals surface area contributed by atoms with Gasteiger partial charge in [-0.15, -0.1) is 0 Å². The fourth-order valence-electron chi connectivity index (χ4n) is 2.84. The summed E-state index contributed by atoms with van der Waals surface area (Å²) in [5.41, 5.74) is 1.33. The molecule has 3 heteroatoms. The van der Waals surface area contributed by atoms with Gasteiger partial charge in [-0.1, -0.05) is 32.4 Å². The maximum atomic E-state index is 5.33. The average molecular weight is 276 g/mol. The molecule has 1 aliphatic heterocycles. The van der Waals surface area contributed by atoms with Crippen molar-refractivity contribution in [2.45, 2.75) is 39.7 Å². The Morgan fingerprint density at radius 1 is 1.20 bits per heavy atom. The summed E-state index contributed by atoms with van der Waals surface area (Å²) in [6.07, 6.45) is 4.03. The number of hydrogen-bond donors (Lipinski definition) is 0. The summed E-state index contributed by atoms with van der Waals surface area (Å²) in [7, 11) is 1.73. The molecule has 0 N–H and O–H groups in total. The number of hydrazine groups is 1. The molecule has 0 bridgehead atoms. The normalized spacial score (nSPS) is 16.9. The Morgan fingerprint density at radius 3 is 2.60 bits per heavy atom. The smallest absolute Gasteiger partial charge is 0.119 e. The van der Waals surface area contributed by atoms with Crippen molar-refractivity contribution in [3.05, 3.63) is 29.8 Å². The van der Waals surface area contributed by atoms with Gasteiger partial charge in [0.25, 0.3) is 0 Å². The Labute approximate surface area is 123 Å². The Hall–Kier alpha value is -1.06. The van der Waals surface area contributed by atoms with Crippen molar-refractivity contribution in [1.29, 1.82) is 0 Å². The van der Waals surface area contributed by atoms with Crippen molar-refractivity contribution in [3.63, 3.8) is 0 Å². The molecule has 1 heterocycles. The summed E-state index contributed by atoms with van der Waals surface area (Å²) in [5.74, 6) is 1.63. The van der Waals surface area contributed by atoms with Crippen LogP contribution in [0.3, 0.4) is 0 Å². The average Bonchev–Trinajstić information content (AvgIpc) is 2.47. The molecular weight excluding hydrogens is 248 g/mol. The molecule has 1 fully saturated rings. The summed E-state index contributed by atoms with van der Waals surface area (Å²) in [4.78, 5) is 0. The van der Waals surface area contributed by atoms with E-state index in [-0.39, 0.29) is 0 Å². The number of hydrogen-bond acceptors (Lipinski definition) is 3. The van der Waals surface area contributed by atoms with Gasteiger partial charge >= 0.3 is 0 Å². The topological polar surface area (TPSA) is 15.7 Å². The van der Waals surface area contributed by atoms with Crippen molar-refractivity contribution in [2.75, 3.05) is 26.7 Å². The van der Waals surface area contributed by atoms with Crippen molar-refractivity contribution in [3.8, 4) is 5.75 Å². The fraction of sp³-hybridized carbons (Fsp3) is 0.647. The molecule has 0 unspecified atom stereocenters. The summed E-state index contributed by atoms with van der Waals surface area (Å²) in [5, 5.41) is 5.07. The molecule has 1 saturated heterocycles. The summed E-state index contributed by atoms with van der Waals surface area (Å²) in [6.45, 7) is 9.10. The van der Waals surface area contributed by atoms with Crippen LogP contribution in [-0.2, 0) is 6.54 Å². The van der Waals surface area contributed by atoms with Gasteiger partial charge in [0.2, 0.25) is 0 Å². The van der Waals surface area contributed by atoms with E-state index in [9.17, 15) is 0 Å². The predicted molar refractivity (Wildman–Crippen MR) is 83.7 cm³/mol. The third kappa shape index (κ3) is 4.50. The van der Waals surface area contributed by atoms with Crippen LogP contribution in [-0.4, -0.2) is 36.8 Å². The molecule has 1 aromatic carbocycles. The van der Waals surface area contributed by atoms with Gasteiger partial charge in [0.15, 0.2) is 0 Å². The number of nitrogens with zero attached hydrogens (tertiary/aromatic N) is 2. The highest BCUT2D eigenvalue weighted by Gasteiger charge is 2.19. The monoisotopic (exact) mass is 276 g/mol. The minimum Gasteiger partial charge on any atom is -0.497 e. The van der Waals surface area contributed by atoms with E-state index in [4.69, 9.17) is 4.74 Å². The Bertz CT molecular complexity index is 400. The maximum Gasteiger partial charge on any atom is 0.119 e. The van der Waals surface area contributed by atoms with Gasteiger partial charge in [-0.25, -0.2) is 10.0 Å². The minimum atomic E-state index is 0.683. The number of rotatable bonds is 6. The first-order valence-electron chi connectivity index (χ1n) is 7.82. The van der Waals surface area contributed by atoms with Crippen LogP contribution < -0.4 is 4.74 Å². The molecule has 20 heavy (non-hydrogen) atoms. The first kappa shape index (κ1) is 15.3. The van der Waals surface area contributed by atoms with Crippen LogP contribution in [0.2, 0.25) is 0 Å². The predicted octanol–water partition coefficient (Wildman–Crippen LogP) is 3.55. The molecular formula is C17H28N2O. The zero-order valence-electron chi connectivity index (χ0n) is 13.1. The Kier molecular flexibility index (Phi) is 5.86. The van der Waals surface area contributed by atoms with Gasteiger partial charge < -0.3 is 4.74 Å². The van der Waals surface area contributed by atoms with E-state index < -0.39 is 0 Å². The molecule has 0 radical (unpaired) electrons. The van der Waals surface area contributed by atoms with Crippen molar-refractivity contribution in [2.24, 2.45) is 5.92 Å². The van der Waals surface area contributed by atoms with Crippen LogP contribution in [0.15, 0.2) is 24.3 Å². The fourth-order valence-corrected chi connectivity index (χ4v) is 2.84. The van der Waals surface area contributed by atoms with Gasteiger partial charge in [-0.3, -0.25) is 0 Å². The van der Waals surface area contributed by atoms with E-state index >= 15 is 0 Å². The van der Waals surface area contributed by atoms with Crippen LogP contribution in [0, 0.1) is 5.92 Å². The van der Waals surface area contributed by atoms with E-state index in [1.165, 1.54) is 37.9 Å². The number of piperidine rings is 1. The van der Waals surface area contributed by atoms with Gasteiger partial charge in [0, 0.05) is 26.2 Å². The SMILES string of the molecule is COc1cccc(CN(CC(C)C)N2CCCCC2)c1. The van der Waals surface area contributed by atoms with E-state index in [1.54, 1.807) is 7.11 Å². The molecule has 0 saturated carbocycles. The largest absolute Gasteiger partial charge is 0.497 e. The lowest BCUT2D eigenvalue weighted by Gasteiger charge is -2.38. The molecule has 2 rings (SSSR count). The first-order valence-corrected chi connectivity index (χ1v) is 7.82. The summed E-state index contributed by atoms with van der Waals surface area (Å²) >= 11 is 0. The molecule has 3 nitrogen and oxygen atoms in total. The van der Waals surface area contributed by atoms with E-state index in [0.29, 0.717) is 5.92 Å². The molecule has 1 aromatic rings. The third-order valence-electron chi connectivity index (χ3n) is 3.81. The number of ether oxygens (including phenoxy) is 1. The zero-order valence-corrected chi connectivity index (χ0v) is 13.1. The van der Waals surface area contributed by atoms with Crippen molar-refractivity contribution in [1.82, 2.24) is 10.0 Å². The molecule has 0 spiro atoms. The lowest BCUT2D eigenvalue weighted by atomic mass is 10.1. The standard InChI is InChI=1S/C17H28N2O/c1-15(2)13-19(18-10-5-4-6-11-18)14-16-8-7-9-17(12-16)20-3/h7-9,12,15H,4-6,10-11,13-14H2,1-3H3. The summed E-state index contributed by atoms with van der Waals surface area (Å²) < 4.78 is 5.33. The second-order valence-corrected chi connectivity index (χ2v) is 6.11. The highest BCUT2D eigenvalue weighted by Crippen LogP contribution is 2.19. The van der Waals surface area contributed by atoms with Crippen LogP contribution in [0.25, 0.3) is 0 Å². The lowest BCUT2D eigenvalue weighted by molar-refractivity contribution is -0.0546. The van der Waals surface area contributed by atoms with E-state index in [1.807, 2.05) is 6.07 Å². The van der Waals surface area contributed by atoms with Gasteiger partial charge in [-0.05, 0) is 36.5 Å². The van der Waals surface area contributed by atoms with E-state index in [0.717, 1.165) is 18.8 Å². The Morgan fingerprint density at radius 2 is 1.95 bits per heavy atom. The molecule has 0 aliphatic carbocycles. The van der Waals surface area contributed by atoms with Crippen LogP contribution in [0.1, 0.15) is 38.7 Å². The zero-order chi connectivity index (χ0) is 14.4. The first-order chi connectivity index (χ1) is 9.69. The van der Waals surface area contributed by atoms with Crippen LogP contribution in [0.4, 0.5) is 0 Å². The molecule has 112 valence electrons. The highest BCUT2D eigenvalue weighted by atomic mass is 16.5. The quantitative estimate of drug-likeness (QED) is 0.790. The van der Waals surface area contributed by atoms with Crippen molar-refractivity contribution < 1.29 is 4.74 Å². The molecule has 0 atom stereocenters. The number of methoxy groups -OCH3 is 1. The maximum absolute atomic E-state index is 5.33. The van der Waals surface area contributed by atoms with Gasteiger partial charge in [0.05, 0.1) is 7.11 Å². The lowest BCUT2D eigenvalue weighted by Crippen LogP contribution is -2.46. The Balaban J connectivity index is 2.05. The molecule has 0 amide bonds. The van der Waals surface area contributed by atoms with Crippen molar-refractivity contribution >= 4 is 0 Å². The minimum absolute atomic E-state index is 0.683.